The largest absolute Gasteiger partial charge is 0.412 e. The molecule has 0 aliphatic rings. The van der Waals surface area contributed by atoms with Gasteiger partial charge >= 0.3 is 0 Å². The Morgan fingerprint density at radius 1 is 1.00 bits per heavy atom. The van der Waals surface area contributed by atoms with E-state index in [1.54, 1.807) is 0 Å². The molecule has 42 valence electrons. The van der Waals surface area contributed by atoms with Crippen molar-refractivity contribution in [1.82, 2.24) is 4.98 Å². The van der Waals surface area contributed by atoms with Gasteiger partial charge in [-0.15, -0.1) is 0 Å². The molecule has 0 aliphatic carbocycles. The zero-order valence-electron chi connectivity index (χ0n) is 3.81. The average molecular weight is 119 g/mol. The highest BCUT2D eigenvalue weighted by Gasteiger charge is 1.55. The minimum atomic E-state index is 0. The number of nitrogens with one attached hydrogen (secondary N) is 1. The van der Waals surface area contributed by atoms with E-state index >= 15 is 0 Å². The van der Waals surface area contributed by atoms with E-state index in [2.05, 4.69) is 4.98 Å². The Labute approximate surface area is 49.3 Å². The summed E-state index contributed by atoms with van der Waals surface area (Å²) in [6, 6.07) is 3.89. The van der Waals surface area contributed by atoms with Crippen LogP contribution in [0.3, 0.4) is 0 Å². The van der Waals surface area contributed by atoms with Gasteiger partial charge in [-0.3, -0.25) is 0 Å². The highest BCUT2D eigenvalue weighted by molar-refractivity contribution is 7.59. The van der Waals surface area contributed by atoms with Gasteiger partial charge < -0.3 is 10.5 Å². The summed E-state index contributed by atoms with van der Waals surface area (Å²) in [6.45, 7) is 0. The monoisotopic (exact) mass is 119 g/mol. The van der Waals surface area contributed by atoms with Crippen LogP contribution < -0.4 is 0 Å². The maximum absolute atomic E-state index is 2.86. The number of H-pyrrole nitrogens is 1. The van der Waals surface area contributed by atoms with E-state index in [4.69, 9.17) is 0 Å². The van der Waals surface area contributed by atoms with Gasteiger partial charge in [0.1, 0.15) is 0 Å². The molecule has 0 saturated heterocycles. The topological polar surface area (TPSA) is 47.3 Å². The van der Waals surface area contributed by atoms with Crippen LogP contribution in [-0.4, -0.2) is 10.5 Å². The molecule has 1 aromatic rings. The fourth-order valence-corrected chi connectivity index (χ4v) is 0.278. The number of aromatic nitrogens is 1. The van der Waals surface area contributed by atoms with Crippen molar-refractivity contribution in [3.63, 3.8) is 0 Å². The second kappa shape index (κ2) is 5.59. The van der Waals surface area contributed by atoms with Crippen molar-refractivity contribution in [2.24, 2.45) is 0 Å². The Morgan fingerprint density at radius 3 is 1.57 bits per heavy atom. The third-order valence-electron chi connectivity index (χ3n) is 0.496. The molecule has 0 unspecified atom stereocenters. The van der Waals surface area contributed by atoms with E-state index in [-0.39, 0.29) is 19.0 Å². The van der Waals surface area contributed by atoms with Gasteiger partial charge in [-0.05, 0) is 12.1 Å². The minimum Gasteiger partial charge on any atom is -0.412 e. The van der Waals surface area contributed by atoms with Crippen LogP contribution in [0.2, 0.25) is 0 Å². The fraction of sp³-hybridized carbons (Fsp3) is 0. The lowest BCUT2D eigenvalue weighted by atomic mass is 10.7. The summed E-state index contributed by atoms with van der Waals surface area (Å²) in [4.78, 5) is 2.86. The van der Waals surface area contributed by atoms with Gasteiger partial charge in [-0.25, -0.2) is 0 Å². The summed E-state index contributed by atoms with van der Waals surface area (Å²) in [5.74, 6) is 0. The highest BCUT2D eigenvalue weighted by atomic mass is 32.1. The lowest BCUT2D eigenvalue weighted by Gasteiger charge is -1.49. The second-order valence-corrected chi connectivity index (χ2v) is 0.885. The molecule has 0 fully saturated rings. The predicted octanol–water partition coefficient (Wildman–Crippen LogP) is 0.303. The lowest BCUT2D eigenvalue weighted by Crippen LogP contribution is -1.38. The van der Waals surface area contributed by atoms with Crippen LogP contribution in [0.1, 0.15) is 0 Å². The molecule has 3 N–H and O–H groups in total. The first-order valence-corrected chi connectivity index (χ1v) is 1.58. The molecule has 1 rings (SSSR count). The first-order chi connectivity index (χ1) is 2.50. The van der Waals surface area contributed by atoms with Crippen LogP contribution in [0.25, 0.3) is 0 Å². The fourth-order valence-electron chi connectivity index (χ4n) is 0.278. The Kier molecular flexibility index (Phi) is 7.81. The van der Waals surface area contributed by atoms with Crippen molar-refractivity contribution in [3.05, 3.63) is 24.5 Å². The first-order valence-electron chi connectivity index (χ1n) is 1.58. The van der Waals surface area contributed by atoms with E-state index in [0.717, 1.165) is 0 Å². The normalized spacial score (nSPS) is 5.71. The Balaban J connectivity index is 0. The van der Waals surface area contributed by atoms with E-state index in [1.807, 2.05) is 24.5 Å². The van der Waals surface area contributed by atoms with Gasteiger partial charge in [-0.1, -0.05) is 0 Å². The number of rotatable bonds is 0. The average Bonchev–Trinajstić information content (AvgIpc) is 1.76. The smallest absolute Gasteiger partial charge is 0.000496 e. The third-order valence-corrected chi connectivity index (χ3v) is 0.496. The van der Waals surface area contributed by atoms with Crippen molar-refractivity contribution in [1.29, 1.82) is 0 Å². The van der Waals surface area contributed by atoms with Gasteiger partial charge in [0.25, 0.3) is 0 Å². The number of hydrogen-bond donors (Lipinski definition) is 1. The predicted molar refractivity (Wildman–Crippen MR) is 34.8 cm³/mol. The van der Waals surface area contributed by atoms with Gasteiger partial charge in [0.05, 0.1) is 0 Å². The van der Waals surface area contributed by atoms with E-state index in [9.17, 15) is 0 Å². The zero-order chi connectivity index (χ0) is 3.54. The van der Waals surface area contributed by atoms with Crippen LogP contribution in [0, 0.1) is 0 Å². The summed E-state index contributed by atoms with van der Waals surface area (Å²) < 4.78 is 0. The molecular weight excluding hydrogens is 110 g/mol. The molecule has 0 radical (unpaired) electrons. The maximum Gasteiger partial charge on any atom is 0.000496 e. The zero-order valence-corrected chi connectivity index (χ0v) is 4.81. The van der Waals surface area contributed by atoms with Gasteiger partial charge in [0.15, 0.2) is 0 Å². The number of hydrogen-bond acceptors (Lipinski definition) is 0. The Hall–Kier alpha value is -0.410. The standard InChI is InChI=1S/C4H5N.H2O.H2S/c1-2-4-5-3-1;;/h1-5H;2*1H2. The Morgan fingerprint density at radius 2 is 1.43 bits per heavy atom. The molecule has 0 atom stereocenters. The molecule has 0 spiro atoms. The summed E-state index contributed by atoms with van der Waals surface area (Å²) in [5, 5.41) is 0. The lowest BCUT2D eigenvalue weighted by molar-refractivity contribution is 0.824. The Bertz CT molecular complexity index is 68.2. The number of aromatic amines is 1. The van der Waals surface area contributed by atoms with Crippen LogP contribution in [-0.2, 0) is 0 Å². The molecule has 0 saturated carbocycles. The summed E-state index contributed by atoms with van der Waals surface area (Å²) in [7, 11) is 0. The highest BCUT2D eigenvalue weighted by Crippen LogP contribution is 1.72. The van der Waals surface area contributed by atoms with Crippen LogP contribution >= 0.6 is 13.5 Å². The molecule has 7 heavy (non-hydrogen) atoms. The molecule has 2 nitrogen and oxygen atoms in total. The van der Waals surface area contributed by atoms with Crippen molar-refractivity contribution in [2.45, 2.75) is 0 Å². The second-order valence-electron chi connectivity index (χ2n) is 0.885. The molecule has 1 heterocycles. The van der Waals surface area contributed by atoms with Crippen molar-refractivity contribution in [2.75, 3.05) is 0 Å². The molecule has 3 heteroatoms. The van der Waals surface area contributed by atoms with E-state index < -0.39 is 0 Å². The SMILES string of the molecule is O.S.c1cc[nH]c1. The molecule has 0 bridgehead atoms. The van der Waals surface area contributed by atoms with Crippen molar-refractivity contribution in [3.8, 4) is 0 Å². The van der Waals surface area contributed by atoms with Crippen molar-refractivity contribution < 1.29 is 5.48 Å². The summed E-state index contributed by atoms with van der Waals surface area (Å²) in [5.41, 5.74) is 0. The van der Waals surface area contributed by atoms with Crippen LogP contribution in [0.15, 0.2) is 24.5 Å². The van der Waals surface area contributed by atoms with Crippen LogP contribution in [0.4, 0.5) is 0 Å². The van der Waals surface area contributed by atoms with Gasteiger partial charge in [-0.2, -0.15) is 13.5 Å². The van der Waals surface area contributed by atoms with Crippen molar-refractivity contribution >= 4 is 13.5 Å². The quantitative estimate of drug-likeness (QED) is 0.510. The van der Waals surface area contributed by atoms with Gasteiger partial charge in [0.2, 0.25) is 0 Å². The minimum absolute atomic E-state index is 0. The summed E-state index contributed by atoms with van der Waals surface area (Å²) in [6.07, 6.45) is 3.75. The molecule has 1 aromatic heterocycles. The maximum atomic E-state index is 2.86. The summed E-state index contributed by atoms with van der Waals surface area (Å²) >= 11 is 0. The molecule has 0 aliphatic heterocycles. The molecule has 0 amide bonds. The van der Waals surface area contributed by atoms with E-state index in [1.165, 1.54) is 0 Å². The van der Waals surface area contributed by atoms with Gasteiger partial charge in [0, 0.05) is 12.4 Å². The van der Waals surface area contributed by atoms with Crippen LogP contribution in [0.5, 0.6) is 0 Å². The molecule has 0 aromatic carbocycles. The van der Waals surface area contributed by atoms with E-state index in [0.29, 0.717) is 0 Å². The third kappa shape index (κ3) is 3.42. The molecular formula is C4H9NOS. The first kappa shape index (κ1) is 9.77.